The standard InChI is InChI=1S/C12H14FN3O/c1-8-15-16-12(17-8)10(7-14)6-9-4-2-3-5-11(9)13/h2-5,10H,6-7,14H2,1H3. The molecule has 1 aromatic heterocycles. The van der Waals surface area contributed by atoms with Crippen LogP contribution in [0.25, 0.3) is 0 Å². The zero-order valence-electron chi connectivity index (χ0n) is 9.56. The van der Waals surface area contributed by atoms with Crippen molar-refractivity contribution >= 4 is 0 Å². The lowest BCUT2D eigenvalue weighted by Gasteiger charge is -2.10. The van der Waals surface area contributed by atoms with Crippen LogP contribution in [0.2, 0.25) is 0 Å². The molecule has 1 heterocycles. The zero-order valence-corrected chi connectivity index (χ0v) is 9.56. The maximum Gasteiger partial charge on any atom is 0.221 e. The van der Waals surface area contributed by atoms with Crippen LogP contribution in [0.3, 0.4) is 0 Å². The van der Waals surface area contributed by atoms with Crippen LogP contribution in [0.15, 0.2) is 28.7 Å². The van der Waals surface area contributed by atoms with E-state index in [2.05, 4.69) is 10.2 Å². The van der Waals surface area contributed by atoms with Gasteiger partial charge in [-0.2, -0.15) is 0 Å². The first-order valence-electron chi connectivity index (χ1n) is 5.44. The number of aryl methyl sites for hydroxylation is 1. The predicted octanol–water partition coefficient (Wildman–Crippen LogP) is 1.80. The molecule has 0 aliphatic carbocycles. The summed E-state index contributed by atoms with van der Waals surface area (Å²) in [4.78, 5) is 0. The summed E-state index contributed by atoms with van der Waals surface area (Å²) < 4.78 is 18.8. The third-order valence-electron chi connectivity index (χ3n) is 2.60. The number of hydrogen-bond acceptors (Lipinski definition) is 4. The third-order valence-corrected chi connectivity index (χ3v) is 2.60. The minimum absolute atomic E-state index is 0.145. The van der Waals surface area contributed by atoms with E-state index in [1.807, 2.05) is 0 Å². The largest absolute Gasteiger partial charge is 0.425 e. The molecule has 0 radical (unpaired) electrons. The molecule has 0 spiro atoms. The summed E-state index contributed by atoms with van der Waals surface area (Å²) in [5, 5.41) is 7.68. The van der Waals surface area contributed by atoms with E-state index in [-0.39, 0.29) is 11.7 Å². The van der Waals surface area contributed by atoms with Gasteiger partial charge in [-0.1, -0.05) is 18.2 Å². The van der Waals surface area contributed by atoms with E-state index in [1.54, 1.807) is 25.1 Å². The summed E-state index contributed by atoms with van der Waals surface area (Å²) in [7, 11) is 0. The molecular weight excluding hydrogens is 221 g/mol. The van der Waals surface area contributed by atoms with E-state index in [4.69, 9.17) is 10.2 Å². The zero-order chi connectivity index (χ0) is 12.3. The van der Waals surface area contributed by atoms with Gasteiger partial charge in [-0.3, -0.25) is 0 Å². The lowest BCUT2D eigenvalue weighted by atomic mass is 9.99. The van der Waals surface area contributed by atoms with E-state index in [9.17, 15) is 4.39 Å². The number of halogens is 1. The predicted molar refractivity (Wildman–Crippen MR) is 60.9 cm³/mol. The fourth-order valence-electron chi connectivity index (χ4n) is 1.68. The lowest BCUT2D eigenvalue weighted by Crippen LogP contribution is -2.16. The fourth-order valence-corrected chi connectivity index (χ4v) is 1.68. The van der Waals surface area contributed by atoms with Crippen LogP contribution in [0.5, 0.6) is 0 Å². The van der Waals surface area contributed by atoms with Crippen LogP contribution in [0.4, 0.5) is 4.39 Å². The lowest BCUT2D eigenvalue weighted by molar-refractivity contribution is 0.424. The number of nitrogens with two attached hydrogens (primary N) is 1. The topological polar surface area (TPSA) is 64.9 Å². The Labute approximate surface area is 98.7 Å². The van der Waals surface area contributed by atoms with Crippen LogP contribution in [0.1, 0.15) is 23.3 Å². The smallest absolute Gasteiger partial charge is 0.221 e. The first kappa shape index (κ1) is 11.7. The number of nitrogens with zero attached hydrogens (tertiary/aromatic N) is 2. The first-order chi connectivity index (χ1) is 8.20. The number of rotatable bonds is 4. The molecule has 17 heavy (non-hydrogen) atoms. The molecule has 1 unspecified atom stereocenters. The quantitative estimate of drug-likeness (QED) is 0.877. The maximum absolute atomic E-state index is 13.5. The minimum Gasteiger partial charge on any atom is -0.425 e. The van der Waals surface area contributed by atoms with Crippen LogP contribution in [0, 0.1) is 12.7 Å². The van der Waals surface area contributed by atoms with E-state index in [0.717, 1.165) is 0 Å². The van der Waals surface area contributed by atoms with Crippen LogP contribution in [-0.4, -0.2) is 16.7 Å². The molecule has 2 aromatic rings. The molecule has 0 aliphatic heterocycles. The molecule has 0 aliphatic rings. The number of aromatic nitrogens is 2. The van der Waals surface area contributed by atoms with Crippen molar-refractivity contribution in [3.8, 4) is 0 Å². The Balaban J connectivity index is 2.18. The molecular formula is C12H14FN3O. The summed E-state index contributed by atoms with van der Waals surface area (Å²) >= 11 is 0. The molecule has 0 fully saturated rings. The van der Waals surface area contributed by atoms with Gasteiger partial charge >= 0.3 is 0 Å². The van der Waals surface area contributed by atoms with Crippen molar-refractivity contribution < 1.29 is 8.81 Å². The first-order valence-corrected chi connectivity index (χ1v) is 5.44. The van der Waals surface area contributed by atoms with E-state index < -0.39 is 0 Å². The van der Waals surface area contributed by atoms with E-state index >= 15 is 0 Å². The Morgan fingerprint density at radius 1 is 1.35 bits per heavy atom. The Bertz CT molecular complexity index is 498. The van der Waals surface area contributed by atoms with Crippen molar-refractivity contribution in [2.75, 3.05) is 6.54 Å². The van der Waals surface area contributed by atoms with Gasteiger partial charge in [-0.25, -0.2) is 4.39 Å². The van der Waals surface area contributed by atoms with Crippen molar-refractivity contribution in [1.82, 2.24) is 10.2 Å². The van der Waals surface area contributed by atoms with Gasteiger partial charge in [0.2, 0.25) is 11.8 Å². The van der Waals surface area contributed by atoms with Gasteiger partial charge in [0.05, 0.1) is 5.92 Å². The molecule has 1 atom stereocenters. The summed E-state index contributed by atoms with van der Waals surface area (Å²) in [6.45, 7) is 2.06. The average molecular weight is 235 g/mol. The van der Waals surface area contributed by atoms with Crippen molar-refractivity contribution in [3.05, 3.63) is 47.4 Å². The molecule has 2 N–H and O–H groups in total. The molecule has 4 nitrogen and oxygen atoms in total. The molecule has 0 amide bonds. The molecule has 90 valence electrons. The second-order valence-corrected chi connectivity index (χ2v) is 3.89. The molecule has 5 heteroatoms. The van der Waals surface area contributed by atoms with Gasteiger partial charge in [0.1, 0.15) is 5.82 Å². The van der Waals surface area contributed by atoms with Gasteiger partial charge in [-0.15, -0.1) is 10.2 Å². The minimum atomic E-state index is -0.234. The van der Waals surface area contributed by atoms with Crippen molar-refractivity contribution in [2.45, 2.75) is 19.3 Å². The van der Waals surface area contributed by atoms with Crippen molar-refractivity contribution in [2.24, 2.45) is 5.73 Å². The highest BCUT2D eigenvalue weighted by Crippen LogP contribution is 2.20. The summed E-state index contributed by atoms with van der Waals surface area (Å²) in [5.74, 6) is 0.579. The second kappa shape index (κ2) is 5.05. The second-order valence-electron chi connectivity index (χ2n) is 3.89. The van der Waals surface area contributed by atoms with E-state index in [0.29, 0.717) is 30.3 Å². The van der Waals surface area contributed by atoms with Crippen molar-refractivity contribution in [1.29, 1.82) is 0 Å². The SMILES string of the molecule is Cc1nnc(C(CN)Cc2ccccc2F)o1. The van der Waals surface area contributed by atoms with Crippen LogP contribution < -0.4 is 5.73 Å². The highest BCUT2D eigenvalue weighted by molar-refractivity contribution is 5.19. The van der Waals surface area contributed by atoms with Crippen LogP contribution in [-0.2, 0) is 6.42 Å². The molecule has 1 aromatic carbocycles. The van der Waals surface area contributed by atoms with Gasteiger partial charge in [-0.05, 0) is 18.1 Å². The van der Waals surface area contributed by atoms with E-state index in [1.165, 1.54) is 6.07 Å². The third kappa shape index (κ3) is 2.68. The molecule has 2 rings (SSSR count). The van der Waals surface area contributed by atoms with Crippen LogP contribution >= 0.6 is 0 Å². The highest BCUT2D eigenvalue weighted by Gasteiger charge is 2.18. The monoisotopic (exact) mass is 235 g/mol. The Kier molecular flexibility index (Phi) is 3.49. The van der Waals surface area contributed by atoms with Gasteiger partial charge < -0.3 is 10.2 Å². The highest BCUT2D eigenvalue weighted by atomic mass is 19.1. The molecule has 0 bridgehead atoms. The maximum atomic E-state index is 13.5. The summed E-state index contributed by atoms with van der Waals surface area (Å²) in [6.07, 6.45) is 0.463. The normalized spacial score (nSPS) is 12.6. The average Bonchev–Trinajstić information content (AvgIpc) is 2.75. The van der Waals surface area contributed by atoms with Gasteiger partial charge in [0, 0.05) is 13.5 Å². The number of benzene rings is 1. The molecule has 0 saturated heterocycles. The fraction of sp³-hybridized carbons (Fsp3) is 0.333. The van der Waals surface area contributed by atoms with Crippen molar-refractivity contribution in [3.63, 3.8) is 0 Å². The van der Waals surface area contributed by atoms with Gasteiger partial charge in [0.15, 0.2) is 0 Å². The number of hydrogen-bond donors (Lipinski definition) is 1. The Morgan fingerprint density at radius 2 is 2.12 bits per heavy atom. The molecule has 0 saturated carbocycles. The van der Waals surface area contributed by atoms with Gasteiger partial charge in [0.25, 0.3) is 0 Å². The Morgan fingerprint density at radius 3 is 2.71 bits per heavy atom. The summed E-state index contributed by atoms with van der Waals surface area (Å²) in [6, 6.07) is 6.63. The summed E-state index contributed by atoms with van der Waals surface area (Å²) in [5.41, 5.74) is 6.27. The Hall–Kier alpha value is -1.75.